The van der Waals surface area contributed by atoms with Gasteiger partial charge >= 0.3 is 0 Å². The van der Waals surface area contributed by atoms with Gasteiger partial charge in [0.1, 0.15) is 18.0 Å². The zero-order valence-corrected chi connectivity index (χ0v) is 12.0. The third-order valence-corrected chi connectivity index (χ3v) is 3.39. The molecule has 0 bridgehead atoms. The second-order valence-electron chi connectivity index (χ2n) is 3.95. The van der Waals surface area contributed by atoms with Gasteiger partial charge in [0, 0.05) is 17.6 Å². The van der Waals surface area contributed by atoms with E-state index in [0.29, 0.717) is 22.0 Å². The summed E-state index contributed by atoms with van der Waals surface area (Å²) in [7, 11) is 3.09. The van der Waals surface area contributed by atoms with Crippen molar-refractivity contribution < 1.29 is 14.3 Å². The number of amides is 1. The lowest BCUT2D eigenvalue weighted by molar-refractivity contribution is -0.116. The van der Waals surface area contributed by atoms with Crippen molar-refractivity contribution in [2.24, 2.45) is 0 Å². The monoisotopic (exact) mass is 293 g/mol. The second-order valence-corrected chi connectivity index (χ2v) is 4.85. The topological polar surface area (TPSA) is 76.3 Å². The zero-order valence-electron chi connectivity index (χ0n) is 11.2. The largest absolute Gasteiger partial charge is 0.497 e. The van der Waals surface area contributed by atoms with Gasteiger partial charge in [0.2, 0.25) is 5.91 Å². The van der Waals surface area contributed by atoms with Crippen LogP contribution in [0.1, 0.15) is 0 Å². The highest BCUT2D eigenvalue weighted by Gasteiger charge is 2.09. The van der Waals surface area contributed by atoms with Crippen LogP contribution < -0.4 is 19.6 Å². The average Bonchev–Trinajstić information content (AvgIpc) is 2.84. The molecule has 1 heterocycles. The highest BCUT2D eigenvalue weighted by Crippen LogP contribution is 2.28. The fraction of sp³-hybridized carbons (Fsp3) is 0.231. The van der Waals surface area contributed by atoms with Crippen LogP contribution in [0, 0.1) is 5.41 Å². The van der Waals surface area contributed by atoms with Gasteiger partial charge in [-0.15, -0.1) is 11.3 Å². The number of ether oxygens (including phenoxy) is 2. The van der Waals surface area contributed by atoms with Crippen molar-refractivity contribution in [3.05, 3.63) is 34.6 Å². The van der Waals surface area contributed by atoms with Crippen LogP contribution in [0.5, 0.6) is 11.5 Å². The third kappa shape index (κ3) is 3.18. The van der Waals surface area contributed by atoms with E-state index in [4.69, 9.17) is 14.9 Å². The number of aromatic nitrogens is 1. The molecule has 0 saturated carbocycles. The Bertz CT molecular complexity index is 663. The summed E-state index contributed by atoms with van der Waals surface area (Å²) in [5, 5.41) is 12.1. The van der Waals surface area contributed by atoms with Crippen LogP contribution in [0.2, 0.25) is 0 Å². The minimum Gasteiger partial charge on any atom is -0.497 e. The first kappa shape index (κ1) is 14.1. The number of carbonyl (C=O) groups is 1. The first-order chi connectivity index (χ1) is 9.63. The Balaban J connectivity index is 2.11. The van der Waals surface area contributed by atoms with E-state index in [9.17, 15) is 4.79 Å². The second kappa shape index (κ2) is 6.25. The van der Waals surface area contributed by atoms with E-state index in [1.807, 2.05) is 0 Å². The van der Waals surface area contributed by atoms with Crippen molar-refractivity contribution in [2.45, 2.75) is 6.54 Å². The maximum atomic E-state index is 12.0. The van der Waals surface area contributed by atoms with Gasteiger partial charge in [0.15, 0.2) is 4.80 Å². The summed E-state index contributed by atoms with van der Waals surface area (Å²) in [5.74, 6) is 0.963. The van der Waals surface area contributed by atoms with Gasteiger partial charge in [0.05, 0.1) is 19.9 Å². The maximum Gasteiger partial charge on any atom is 0.244 e. The maximum absolute atomic E-state index is 12.0. The Morgan fingerprint density at radius 3 is 2.80 bits per heavy atom. The summed E-state index contributed by atoms with van der Waals surface area (Å²) < 4.78 is 11.9. The molecule has 2 aromatic rings. The van der Waals surface area contributed by atoms with Crippen LogP contribution in [-0.2, 0) is 11.3 Å². The summed E-state index contributed by atoms with van der Waals surface area (Å²) in [4.78, 5) is 12.3. The molecule has 1 aromatic carbocycles. The number of hydrogen-bond donors (Lipinski definition) is 2. The molecular formula is C13H15N3O3S. The number of rotatable bonds is 5. The average molecular weight is 293 g/mol. The van der Waals surface area contributed by atoms with Gasteiger partial charge in [-0.05, 0) is 12.1 Å². The Morgan fingerprint density at radius 1 is 1.40 bits per heavy atom. The third-order valence-electron chi connectivity index (χ3n) is 2.68. The van der Waals surface area contributed by atoms with Gasteiger partial charge in [0.25, 0.3) is 0 Å². The minimum absolute atomic E-state index is 0.0948. The molecule has 1 amide bonds. The van der Waals surface area contributed by atoms with Gasteiger partial charge in [-0.3, -0.25) is 10.2 Å². The lowest BCUT2D eigenvalue weighted by atomic mass is 10.2. The zero-order chi connectivity index (χ0) is 14.5. The lowest BCUT2D eigenvalue weighted by Gasteiger charge is -2.11. The molecule has 7 heteroatoms. The van der Waals surface area contributed by atoms with E-state index < -0.39 is 0 Å². The predicted molar refractivity (Wildman–Crippen MR) is 76.3 cm³/mol. The van der Waals surface area contributed by atoms with Crippen LogP contribution in [0.15, 0.2) is 29.8 Å². The summed E-state index contributed by atoms with van der Waals surface area (Å²) in [6, 6.07) is 5.16. The van der Waals surface area contributed by atoms with Crippen molar-refractivity contribution in [3.63, 3.8) is 0 Å². The predicted octanol–water partition coefficient (Wildman–Crippen LogP) is 1.68. The number of nitrogens with zero attached hydrogens (tertiary/aromatic N) is 1. The normalized spacial score (nSPS) is 10.1. The number of methoxy groups -OCH3 is 2. The van der Waals surface area contributed by atoms with E-state index in [0.717, 1.165) is 0 Å². The Labute approximate surface area is 120 Å². The molecule has 2 N–H and O–H groups in total. The fourth-order valence-corrected chi connectivity index (χ4v) is 2.27. The smallest absolute Gasteiger partial charge is 0.244 e. The van der Waals surface area contributed by atoms with E-state index >= 15 is 0 Å². The first-order valence-electron chi connectivity index (χ1n) is 5.84. The number of hydrogen-bond acceptors (Lipinski definition) is 5. The van der Waals surface area contributed by atoms with E-state index in [1.165, 1.54) is 18.4 Å². The number of nitrogens with one attached hydrogen (secondary N) is 2. The quantitative estimate of drug-likeness (QED) is 0.880. The number of carbonyl (C=O) groups excluding carboxylic acids is 1. The molecule has 1 aromatic heterocycles. The van der Waals surface area contributed by atoms with E-state index in [1.54, 1.807) is 41.5 Å². The molecule has 0 saturated heterocycles. The molecule has 0 spiro atoms. The van der Waals surface area contributed by atoms with Gasteiger partial charge < -0.3 is 19.4 Å². The highest BCUT2D eigenvalue weighted by atomic mass is 32.1. The van der Waals surface area contributed by atoms with Crippen molar-refractivity contribution in [3.8, 4) is 11.5 Å². The van der Waals surface area contributed by atoms with Gasteiger partial charge in [-0.2, -0.15) is 0 Å². The Morgan fingerprint density at radius 2 is 2.20 bits per heavy atom. The van der Waals surface area contributed by atoms with Crippen LogP contribution in [0.4, 0.5) is 5.69 Å². The van der Waals surface area contributed by atoms with Crippen molar-refractivity contribution in [1.29, 1.82) is 5.41 Å². The van der Waals surface area contributed by atoms with Gasteiger partial charge in [-0.25, -0.2) is 0 Å². The first-order valence-corrected chi connectivity index (χ1v) is 6.72. The molecular weight excluding hydrogens is 278 g/mol. The standard InChI is InChI=1S/C13H15N3O3S/c1-18-9-3-4-10(11(7-9)19-2)15-12(17)8-16-5-6-20-13(16)14/h3-7,14H,8H2,1-2H3,(H,15,17). The molecule has 0 radical (unpaired) electrons. The molecule has 0 aliphatic heterocycles. The Hall–Kier alpha value is -2.28. The fourth-order valence-electron chi connectivity index (χ4n) is 1.67. The summed E-state index contributed by atoms with van der Waals surface area (Å²) in [6.45, 7) is 0.0948. The van der Waals surface area contributed by atoms with Crippen LogP contribution >= 0.6 is 11.3 Å². The lowest BCUT2D eigenvalue weighted by Crippen LogP contribution is -2.24. The molecule has 0 aliphatic carbocycles. The number of anilines is 1. The minimum atomic E-state index is -0.217. The van der Waals surface area contributed by atoms with Crippen LogP contribution in [0.25, 0.3) is 0 Å². The van der Waals surface area contributed by atoms with Crippen molar-refractivity contribution >= 4 is 22.9 Å². The molecule has 106 valence electrons. The molecule has 0 fully saturated rings. The van der Waals surface area contributed by atoms with Crippen molar-refractivity contribution in [2.75, 3.05) is 19.5 Å². The molecule has 20 heavy (non-hydrogen) atoms. The summed E-state index contributed by atoms with van der Waals surface area (Å²) >= 11 is 1.27. The summed E-state index contributed by atoms with van der Waals surface area (Å²) in [5.41, 5.74) is 0.570. The van der Waals surface area contributed by atoms with E-state index in [2.05, 4.69) is 5.32 Å². The molecule has 0 unspecified atom stereocenters. The molecule has 2 rings (SSSR count). The number of benzene rings is 1. The van der Waals surface area contributed by atoms with Gasteiger partial charge in [-0.1, -0.05) is 0 Å². The Kier molecular flexibility index (Phi) is 4.41. The SMILES string of the molecule is COc1ccc(NC(=O)Cn2ccsc2=N)c(OC)c1. The molecule has 0 atom stereocenters. The number of thiazole rings is 1. The van der Waals surface area contributed by atoms with Crippen molar-refractivity contribution in [1.82, 2.24) is 4.57 Å². The summed E-state index contributed by atoms with van der Waals surface area (Å²) in [6.07, 6.45) is 1.71. The highest BCUT2D eigenvalue weighted by molar-refractivity contribution is 7.06. The van der Waals surface area contributed by atoms with Crippen LogP contribution in [-0.4, -0.2) is 24.7 Å². The molecule has 0 aliphatic rings. The molecule has 6 nitrogen and oxygen atoms in total. The van der Waals surface area contributed by atoms with E-state index in [-0.39, 0.29) is 12.5 Å². The van der Waals surface area contributed by atoms with Crippen LogP contribution in [0.3, 0.4) is 0 Å².